The van der Waals surface area contributed by atoms with Crippen LogP contribution in [-0.2, 0) is 9.47 Å². The van der Waals surface area contributed by atoms with Crippen LogP contribution in [0.25, 0.3) is 0 Å². The fourth-order valence-corrected chi connectivity index (χ4v) is 1.16. The Morgan fingerprint density at radius 3 is 2.62 bits per heavy atom. The first-order chi connectivity index (χ1) is 7.67. The average molecular weight is 224 g/mol. The molecule has 0 N–H and O–H groups in total. The molecule has 4 heteroatoms. The van der Waals surface area contributed by atoms with Gasteiger partial charge in [0, 0.05) is 0 Å². The summed E-state index contributed by atoms with van der Waals surface area (Å²) in [6.07, 6.45) is 0.0563. The highest BCUT2D eigenvalue weighted by atomic mass is 19.1. The number of halogens is 1. The van der Waals surface area contributed by atoms with E-state index < -0.39 is 12.3 Å². The second-order valence-electron chi connectivity index (χ2n) is 3.01. The van der Waals surface area contributed by atoms with Gasteiger partial charge in [-0.1, -0.05) is 18.7 Å². The minimum absolute atomic E-state index is 0.242. The summed E-state index contributed by atoms with van der Waals surface area (Å²) >= 11 is 0. The number of carbonyl (C=O) groups excluding carboxylic acids is 1. The van der Waals surface area contributed by atoms with Crippen molar-refractivity contribution in [2.75, 3.05) is 6.61 Å². The van der Waals surface area contributed by atoms with Gasteiger partial charge in [0.2, 0.25) is 0 Å². The Morgan fingerprint density at radius 2 is 2.12 bits per heavy atom. The fourth-order valence-electron chi connectivity index (χ4n) is 1.16. The minimum atomic E-state index is -0.767. The van der Waals surface area contributed by atoms with Crippen molar-refractivity contribution in [3.05, 3.63) is 48.3 Å². The largest absolute Gasteiger partial charge is 0.509 e. The third kappa shape index (κ3) is 3.38. The van der Waals surface area contributed by atoms with Crippen LogP contribution in [0.1, 0.15) is 18.6 Å². The first kappa shape index (κ1) is 12.2. The normalized spacial score (nSPS) is 11.6. The zero-order valence-corrected chi connectivity index (χ0v) is 8.98. The quantitative estimate of drug-likeness (QED) is 0.581. The van der Waals surface area contributed by atoms with Crippen molar-refractivity contribution >= 4 is 6.16 Å². The van der Waals surface area contributed by atoms with E-state index in [0.717, 1.165) is 0 Å². The van der Waals surface area contributed by atoms with Crippen LogP contribution in [0.3, 0.4) is 0 Å². The van der Waals surface area contributed by atoms with Crippen LogP contribution in [0.15, 0.2) is 36.9 Å². The maximum Gasteiger partial charge on any atom is 0.509 e. The third-order valence-corrected chi connectivity index (χ3v) is 1.90. The SMILES string of the molecule is C=CC(OC(=O)OCC)c1ccc(F)cc1. The lowest BCUT2D eigenvalue weighted by molar-refractivity contribution is 0.0402. The zero-order valence-electron chi connectivity index (χ0n) is 8.98. The molecule has 1 atom stereocenters. The lowest BCUT2D eigenvalue weighted by Crippen LogP contribution is -2.11. The van der Waals surface area contributed by atoms with Crippen LogP contribution in [-0.4, -0.2) is 12.8 Å². The van der Waals surface area contributed by atoms with Gasteiger partial charge in [0.1, 0.15) is 11.9 Å². The molecule has 1 aromatic carbocycles. The van der Waals surface area contributed by atoms with Gasteiger partial charge in [0.15, 0.2) is 0 Å². The van der Waals surface area contributed by atoms with E-state index in [1.165, 1.54) is 30.3 Å². The maximum atomic E-state index is 12.7. The van der Waals surface area contributed by atoms with Crippen molar-refractivity contribution < 1.29 is 18.7 Å². The molecule has 0 saturated heterocycles. The van der Waals surface area contributed by atoms with Crippen molar-refractivity contribution in [2.45, 2.75) is 13.0 Å². The summed E-state index contributed by atoms with van der Waals surface area (Å²) in [5, 5.41) is 0. The summed E-state index contributed by atoms with van der Waals surface area (Å²) in [6, 6.07) is 5.64. The Balaban J connectivity index is 2.71. The molecule has 3 nitrogen and oxygen atoms in total. The number of hydrogen-bond acceptors (Lipinski definition) is 3. The van der Waals surface area contributed by atoms with E-state index >= 15 is 0 Å². The highest BCUT2D eigenvalue weighted by molar-refractivity contribution is 5.60. The number of hydrogen-bond donors (Lipinski definition) is 0. The van der Waals surface area contributed by atoms with Crippen LogP contribution in [0.5, 0.6) is 0 Å². The second-order valence-corrected chi connectivity index (χ2v) is 3.01. The van der Waals surface area contributed by atoms with Crippen molar-refractivity contribution in [1.82, 2.24) is 0 Å². The fraction of sp³-hybridized carbons (Fsp3) is 0.250. The van der Waals surface area contributed by atoms with E-state index in [9.17, 15) is 9.18 Å². The van der Waals surface area contributed by atoms with Crippen LogP contribution in [0.4, 0.5) is 9.18 Å². The Hall–Kier alpha value is -1.84. The van der Waals surface area contributed by atoms with Crippen LogP contribution in [0, 0.1) is 5.82 Å². The molecule has 1 unspecified atom stereocenters. The highest BCUT2D eigenvalue weighted by Gasteiger charge is 2.13. The molecular formula is C12H13FO3. The van der Waals surface area contributed by atoms with E-state index in [0.29, 0.717) is 5.56 Å². The minimum Gasteiger partial charge on any atom is -0.435 e. The van der Waals surface area contributed by atoms with E-state index in [1.807, 2.05) is 0 Å². The Kier molecular flexibility index (Phi) is 4.51. The highest BCUT2D eigenvalue weighted by Crippen LogP contribution is 2.19. The van der Waals surface area contributed by atoms with E-state index in [4.69, 9.17) is 4.74 Å². The first-order valence-corrected chi connectivity index (χ1v) is 4.88. The van der Waals surface area contributed by atoms with Gasteiger partial charge in [0.05, 0.1) is 6.61 Å². The lowest BCUT2D eigenvalue weighted by atomic mass is 10.1. The van der Waals surface area contributed by atoms with Gasteiger partial charge in [-0.15, -0.1) is 0 Å². The summed E-state index contributed by atoms with van der Waals surface area (Å²) < 4.78 is 22.3. The molecule has 0 heterocycles. The summed E-state index contributed by atoms with van der Waals surface area (Å²) in [7, 11) is 0. The molecular weight excluding hydrogens is 211 g/mol. The molecule has 0 aliphatic heterocycles. The summed E-state index contributed by atoms with van der Waals surface area (Å²) in [4.78, 5) is 11.1. The van der Waals surface area contributed by atoms with Crippen molar-refractivity contribution in [3.8, 4) is 0 Å². The van der Waals surface area contributed by atoms with E-state index in [2.05, 4.69) is 11.3 Å². The summed E-state index contributed by atoms with van der Waals surface area (Å²) in [6.45, 7) is 5.47. The first-order valence-electron chi connectivity index (χ1n) is 4.88. The Bertz CT molecular complexity index is 359. The predicted molar refractivity (Wildman–Crippen MR) is 57.4 cm³/mol. The third-order valence-electron chi connectivity index (χ3n) is 1.90. The molecule has 0 fully saturated rings. The van der Waals surface area contributed by atoms with Crippen LogP contribution >= 0.6 is 0 Å². The molecule has 1 aromatic rings. The Labute approximate surface area is 93.5 Å². The van der Waals surface area contributed by atoms with Gasteiger partial charge < -0.3 is 9.47 Å². The zero-order chi connectivity index (χ0) is 12.0. The van der Waals surface area contributed by atoms with Crippen molar-refractivity contribution in [2.24, 2.45) is 0 Å². The van der Waals surface area contributed by atoms with Gasteiger partial charge in [0.25, 0.3) is 0 Å². The molecule has 16 heavy (non-hydrogen) atoms. The molecule has 0 spiro atoms. The van der Waals surface area contributed by atoms with Crippen LogP contribution in [0.2, 0.25) is 0 Å². The van der Waals surface area contributed by atoms with Gasteiger partial charge in [-0.05, 0) is 30.7 Å². The maximum absolute atomic E-state index is 12.7. The second kappa shape index (κ2) is 5.90. The monoisotopic (exact) mass is 224 g/mol. The van der Waals surface area contributed by atoms with E-state index in [-0.39, 0.29) is 12.4 Å². The van der Waals surface area contributed by atoms with Crippen molar-refractivity contribution in [3.63, 3.8) is 0 Å². The topological polar surface area (TPSA) is 35.5 Å². The van der Waals surface area contributed by atoms with Gasteiger partial charge in [-0.3, -0.25) is 0 Å². The average Bonchev–Trinajstić information content (AvgIpc) is 2.27. The number of carbonyl (C=O) groups is 1. The molecule has 1 rings (SSSR count). The lowest BCUT2D eigenvalue weighted by Gasteiger charge is -2.13. The van der Waals surface area contributed by atoms with Gasteiger partial charge >= 0.3 is 6.16 Å². The molecule has 86 valence electrons. The number of rotatable bonds is 4. The standard InChI is InChI=1S/C12H13FO3/c1-3-11(16-12(14)15-4-2)9-5-7-10(13)8-6-9/h3,5-8,11H,1,4H2,2H3. The molecule has 0 aliphatic carbocycles. The number of benzene rings is 1. The smallest absolute Gasteiger partial charge is 0.435 e. The number of ether oxygens (including phenoxy) is 2. The molecule has 0 bridgehead atoms. The van der Waals surface area contributed by atoms with E-state index in [1.54, 1.807) is 6.92 Å². The summed E-state index contributed by atoms with van der Waals surface area (Å²) in [5.41, 5.74) is 0.643. The summed E-state index contributed by atoms with van der Waals surface area (Å²) in [5.74, 6) is -0.345. The van der Waals surface area contributed by atoms with Gasteiger partial charge in [-0.2, -0.15) is 0 Å². The van der Waals surface area contributed by atoms with Crippen LogP contribution < -0.4 is 0 Å². The molecule has 0 radical (unpaired) electrons. The molecule has 0 aromatic heterocycles. The van der Waals surface area contributed by atoms with Gasteiger partial charge in [-0.25, -0.2) is 9.18 Å². The molecule has 0 amide bonds. The predicted octanol–water partition coefficient (Wildman–Crippen LogP) is 3.23. The Morgan fingerprint density at radius 1 is 1.50 bits per heavy atom. The van der Waals surface area contributed by atoms with Crippen molar-refractivity contribution in [1.29, 1.82) is 0 Å². The molecule has 0 aliphatic rings. The molecule has 0 saturated carbocycles.